The number of hydrogen-bond acceptors (Lipinski definition) is 2. The molecule has 0 rings (SSSR count). The molecule has 0 aromatic carbocycles. The Kier molecular flexibility index (Phi) is 9.47. The SMILES string of the molecule is C#CC(COC)N=C(C)N.I. The van der Waals surface area contributed by atoms with Crippen LogP contribution in [0.3, 0.4) is 0 Å². The first kappa shape index (κ1) is 13.3. The summed E-state index contributed by atoms with van der Waals surface area (Å²) in [5.74, 6) is 2.93. The molecule has 11 heavy (non-hydrogen) atoms. The van der Waals surface area contributed by atoms with Crippen molar-refractivity contribution in [1.29, 1.82) is 0 Å². The van der Waals surface area contributed by atoms with Crippen LogP contribution in [0.4, 0.5) is 0 Å². The third-order valence-electron chi connectivity index (χ3n) is 0.876. The summed E-state index contributed by atoms with van der Waals surface area (Å²) in [5.41, 5.74) is 5.30. The number of methoxy groups -OCH3 is 1. The van der Waals surface area contributed by atoms with Gasteiger partial charge in [-0.25, -0.2) is 0 Å². The van der Waals surface area contributed by atoms with Gasteiger partial charge in [0.1, 0.15) is 6.04 Å². The molecule has 0 aliphatic carbocycles. The van der Waals surface area contributed by atoms with Crippen molar-refractivity contribution < 1.29 is 4.74 Å². The van der Waals surface area contributed by atoms with Gasteiger partial charge in [-0.2, -0.15) is 0 Å². The highest BCUT2D eigenvalue weighted by Gasteiger charge is 1.98. The average molecular weight is 268 g/mol. The van der Waals surface area contributed by atoms with Gasteiger partial charge in [0, 0.05) is 7.11 Å². The zero-order valence-electron chi connectivity index (χ0n) is 6.70. The molecule has 0 saturated heterocycles. The molecule has 0 bridgehead atoms. The van der Waals surface area contributed by atoms with E-state index in [2.05, 4.69) is 10.9 Å². The number of halogens is 1. The van der Waals surface area contributed by atoms with Gasteiger partial charge in [-0.3, -0.25) is 4.99 Å². The molecule has 0 radical (unpaired) electrons. The van der Waals surface area contributed by atoms with Crippen molar-refractivity contribution >= 4 is 29.8 Å². The number of terminal acetylenes is 1. The first-order valence-electron chi connectivity index (χ1n) is 2.95. The van der Waals surface area contributed by atoms with Gasteiger partial charge >= 0.3 is 0 Å². The Balaban J connectivity index is 0. The maximum absolute atomic E-state index is 5.30. The maximum atomic E-state index is 5.30. The van der Waals surface area contributed by atoms with Crippen LogP contribution >= 0.6 is 24.0 Å². The topological polar surface area (TPSA) is 47.6 Å². The molecular weight excluding hydrogens is 255 g/mol. The predicted molar refractivity (Wildman–Crippen MR) is 57.2 cm³/mol. The van der Waals surface area contributed by atoms with Crippen LogP contribution < -0.4 is 5.73 Å². The fourth-order valence-electron chi connectivity index (χ4n) is 0.526. The minimum atomic E-state index is -0.241. The third kappa shape index (κ3) is 7.62. The largest absolute Gasteiger partial charge is 0.388 e. The van der Waals surface area contributed by atoms with Crippen molar-refractivity contribution in [3.63, 3.8) is 0 Å². The van der Waals surface area contributed by atoms with Crippen LogP contribution in [0.25, 0.3) is 0 Å². The molecule has 1 unspecified atom stereocenters. The van der Waals surface area contributed by atoms with Crippen LogP contribution in [0, 0.1) is 12.3 Å². The maximum Gasteiger partial charge on any atom is 0.135 e. The molecule has 2 N–H and O–H groups in total. The standard InChI is InChI=1S/C7H12N2O.HI/c1-4-7(5-10-3)9-6(2)8;/h1,7H,5H2,2-3H3,(H2,8,9);1H. The van der Waals surface area contributed by atoms with E-state index in [0.29, 0.717) is 12.4 Å². The van der Waals surface area contributed by atoms with Gasteiger partial charge in [-0.15, -0.1) is 30.4 Å². The Hall–Kier alpha value is -0.280. The highest BCUT2D eigenvalue weighted by molar-refractivity contribution is 14.0. The molecule has 0 spiro atoms. The molecule has 0 heterocycles. The smallest absolute Gasteiger partial charge is 0.135 e. The highest BCUT2D eigenvalue weighted by atomic mass is 127. The van der Waals surface area contributed by atoms with Gasteiger partial charge in [-0.1, -0.05) is 5.92 Å². The number of hydrogen-bond donors (Lipinski definition) is 1. The fraction of sp³-hybridized carbons (Fsp3) is 0.571. The van der Waals surface area contributed by atoms with Gasteiger partial charge in [0.05, 0.1) is 12.4 Å². The zero-order chi connectivity index (χ0) is 7.98. The Labute approximate surface area is 84.4 Å². The summed E-state index contributed by atoms with van der Waals surface area (Å²) in [6.45, 7) is 2.12. The summed E-state index contributed by atoms with van der Waals surface area (Å²) in [5, 5.41) is 0. The lowest BCUT2D eigenvalue weighted by Gasteiger charge is -2.02. The minimum absolute atomic E-state index is 0. The number of ether oxygens (including phenoxy) is 1. The number of amidine groups is 1. The molecule has 0 amide bonds. The molecule has 0 fully saturated rings. The second kappa shape index (κ2) is 7.82. The molecule has 64 valence electrons. The van der Waals surface area contributed by atoms with Crippen molar-refractivity contribution in [2.75, 3.05) is 13.7 Å². The Morgan fingerprint density at radius 1 is 1.82 bits per heavy atom. The van der Waals surface area contributed by atoms with E-state index in [4.69, 9.17) is 16.9 Å². The Morgan fingerprint density at radius 2 is 2.36 bits per heavy atom. The van der Waals surface area contributed by atoms with E-state index in [0.717, 1.165) is 0 Å². The summed E-state index contributed by atoms with van der Waals surface area (Å²) >= 11 is 0. The van der Waals surface area contributed by atoms with Crippen molar-refractivity contribution in [1.82, 2.24) is 0 Å². The lowest BCUT2D eigenvalue weighted by atomic mass is 10.3. The summed E-state index contributed by atoms with van der Waals surface area (Å²) in [6.07, 6.45) is 5.11. The van der Waals surface area contributed by atoms with Gasteiger partial charge in [-0.05, 0) is 6.92 Å². The molecule has 4 heteroatoms. The first-order valence-corrected chi connectivity index (χ1v) is 2.95. The van der Waals surface area contributed by atoms with E-state index < -0.39 is 0 Å². The Bertz CT molecular complexity index is 158. The number of rotatable bonds is 3. The quantitative estimate of drug-likeness (QED) is 0.353. The zero-order valence-corrected chi connectivity index (χ0v) is 9.03. The molecule has 0 aliphatic rings. The van der Waals surface area contributed by atoms with Gasteiger partial charge < -0.3 is 10.5 Å². The predicted octanol–water partition coefficient (Wildman–Crippen LogP) is 0.630. The number of nitrogens with two attached hydrogens (primary N) is 1. The summed E-state index contributed by atoms with van der Waals surface area (Å²) in [7, 11) is 1.58. The lowest BCUT2D eigenvalue weighted by molar-refractivity contribution is 0.194. The second-order valence-corrected chi connectivity index (χ2v) is 1.91. The van der Waals surface area contributed by atoms with Crippen molar-refractivity contribution in [2.45, 2.75) is 13.0 Å². The summed E-state index contributed by atoms with van der Waals surface area (Å²) < 4.78 is 4.79. The summed E-state index contributed by atoms with van der Waals surface area (Å²) in [4.78, 5) is 3.92. The van der Waals surface area contributed by atoms with E-state index in [1.54, 1.807) is 14.0 Å². The van der Waals surface area contributed by atoms with E-state index in [1.807, 2.05) is 0 Å². The molecular formula is C7H13IN2O. The lowest BCUT2D eigenvalue weighted by Crippen LogP contribution is -2.15. The van der Waals surface area contributed by atoms with Crippen LogP contribution in [0.2, 0.25) is 0 Å². The molecule has 3 nitrogen and oxygen atoms in total. The molecule has 0 aromatic heterocycles. The van der Waals surface area contributed by atoms with E-state index in [9.17, 15) is 0 Å². The third-order valence-corrected chi connectivity index (χ3v) is 0.876. The van der Waals surface area contributed by atoms with Crippen LogP contribution in [0.15, 0.2) is 4.99 Å². The van der Waals surface area contributed by atoms with Crippen LogP contribution in [0.5, 0.6) is 0 Å². The van der Waals surface area contributed by atoms with Gasteiger partial charge in [0.25, 0.3) is 0 Å². The first-order chi connectivity index (χ1) is 4.70. The monoisotopic (exact) mass is 268 g/mol. The minimum Gasteiger partial charge on any atom is -0.388 e. The van der Waals surface area contributed by atoms with E-state index in [-0.39, 0.29) is 30.0 Å². The number of nitrogens with zero attached hydrogens (tertiary/aromatic N) is 1. The number of aliphatic imine (C=N–C) groups is 1. The van der Waals surface area contributed by atoms with Gasteiger partial charge in [0.2, 0.25) is 0 Å². The Morgan fingerprint density at radius 3 is 2.64 bits per heavy atom. The molecule has 0 saturated carbocycles. The molecule has 0 aromatic rings. The normalized spacial score (nSPS) is 13.0. The van der Waals surface area contributed by atoms with Crippen LogP contribution in [0.1, 0.15) is 6.92 Å². The van der Waals surface area contributed by atoms with E-state index in [1.165, 1.54) is 0 Å². The van der Waals surface area contributed by atoms with E-state index >= 15 is 0 Å². The summed E-state index contributed by atoms with van der Waals surface area (Å²) in [6, 6.07) is -0.241. The van der Waals surface area contributed by atoms with Crippen LogP contribution in [-0.2, 0) is 4.74 Å². The van der Waals surface area contributed by atoms with Crippen molar-refractivity contribution in [3.8, 4) is 12.3 Å². The molecule has 1 atom stereocenters. The van der Waals surface area contributed by atoms with Crippen molar-refractivity contribution in [3.05, 3.63) is 0 Å². The van der Waals surface area contributed by atoms with Gasteiger partial charge in [0.15, 0.2) is 0 Å². The van der Waals surface area contributed by atoms with Crippen LogP contribution in [-0.4, -0.2) is 25.6 Å². The second-order valence-electron chi connectivity index (χ2n) is 1.91. The average Bonchev–Trinajstić information content (AvgIpc) is 1.86. The fourth-order valence-corrected chi connectivity index (χ4v) is 0.526. The molecule has 0 aliphatic heterocycles. The van der Waals surface area contributed by atoms with Crippen molar-refractivity contribution in [2.24, 2.45) is 10.7 Å². The highest BCUT2D eigenvalue weighted by Crippen LogP contribution is 1.88.